The van der Waals surface area contributed by atoms with E-state index in [1.807, 2.05) is 12.3 Å². The van der Waals surface area contributed by atoms with Gasteiger partial charge in [-0.15, -0.1) is 5.10 Å². The standard InChI is InChI=1S/C7H8N3OP/c1-11-6-3-2-5-8-7(12)4-10(5)9-6/h2-4H,12H2,1H3. The summed E-state index contributed by atoms with van der Waals surface area (Å²) in [7, 11) is 4.11. The van der Waals surface area contributed by atoms with Crippen LogP contribution in [0.3, 0.4) is 0 Å². The fraction of sp³-hybridized carbons (Fsp3) is 0.143. The lowest BCUT2D eigenvalue weighted by atomic mass is 10.5. The SMILES string of the molecule is COc1ccc2nc(P)cn2n1. The van der Waals surface area contributed by atoms with Gasteiger partial charge in [-0.2, -0.15) is 0 Å². The van der Waals surface area contributed by atoms with E-state index in [0.29, 0.717) is 5.88 Å². The predicted molar refractivity (Wildman–Crippen MR) is 48.9 cm³/mol. The first kappa shape index (κ1) is 7.50. The summed E-state index contributed by atoms with van der Waals surface area (Å²) in [6.45, 7) is 0. The molecule has 0 bridgehead atoms. The molecule has 0 aliphatic carbocycles. The van der Waals surface area contributed by atoms with Crippen LogP contribution in [0.5, 0.6) is 5.88 Å². The number of imidazole rings is 1. The molecule has 1 unspecified atom stereocenters. The van der Waals surface area contributed by atoms with E-state index >= 15 is 0 Å². The highest BCUT2D eigenvalue weighted by molar-refractivity contribution is 7.26. The van der Waals surface area contributed by atoms with Gasteiger partial charge in [0.05, 0.1) is 18.7 Å². The Bertz CT molecular complexity index is 412. The smallest absolute Gasteiger partial charge is 0.231 e. The fourth-order valence-electron chi connectivity index (χ4n) is 0.992. The maximum Gasteiger partial charge on any atom is 0.231 e. The van der Waals surface area contributed by atoms with Crippen molar-refractivity contribution in [1.29, 1.82) is 0 Å². The number of hydrogen-bond acceptors (Lipinski definition) is 3. The molecular formula is C7H8N3OP. The average molecular weight is 181 g/mol. The highest BCUT2D eigenvalue weighted by Crippen LogP contribution is 2.06. The third kappa shape index (κ3) is 1.14. The van der Waals surface area contributed by atoms with Crippen LogP contribution < -0.4 is 10.2 Å². The van der Waals surface area contributed by atoms with Gasteiger partial charge in [-0.25, -0.2) is 9.50 Å². The van der Waals surface area contributed by atoms with Crippen LogP contribution >= 0.6 is 9.24 Å². The summed E-state index contributed by atoms with van der Waals surface area (Å²) in [6.07, 6.45) is 1.82. The van der Waals surface area contributed by atoms with Crippen molar-refractivity contribution in [2.75, 3.05) is 7.11 Å². The highest BCUT2D eigenvalue weighted by atomic mass is 31.0. The van der Waals surface area contributed by atoms with Crippen molar-refractivity contribution in [3.05, 3.63) is 18.3 Å². The normalized spacial score (nSPS) is 10.5. The van der Waals surface area contributed by atoms with Gasteiger partial charge in [0.25, 0.3) is 0 Å². The average Bonchev–Trinajstić information content (AvgIpc) is 2.43. The van der Waals surface area contributed by atoms with Crippen molar-refractivity contribution in [2.45, 2.75) is 0 Å². The molecule has 0 amide bonds. The first-order valence-corrected chi connectivity index (χ1v) is 4.03. The van der Waals surface area contributed by atoms with Gasteiger partial charge < -0.3 is 4.74 Å². The molecule has 0 radical (unpaired) electrons. The Morgan fingerprint density at radius 2 is 2.33 bits per heavy atom. The molecule has 1 atom stereocenters. The first-order chi connectivity index (χ1) is 5.79. The Balaban J connectivity index is 2.66. The van der Waals surface area contributed by atoms with E-state index < -0.39 is 0 Å². The molecule has 0 N–H and O–H groups in total. The molecule has 0 fully saturated rings. The second-order valence-corrected chi connectivity index (χ2v) is 2.94. The van der Waals surface area contributed by atoms with Crippen molar-refractivity contribution in [2.24, 2.45) is 0 Å². The lowest BCUT2D eigenvalue weighted by Gasteiger charge is -1.96. The Morgan fingerprint density at radius 3 is 3.08 bits per heavy atom. The molecule has 0 saturated heterocycles. The maximum absolute atomic E-state index is 4.97. The molecule has 12 heavy (non-hydrogen) atoms. The second-order valence-electron chi connectivity index (χ2n) is 2.34. The van der Waals surface area contributed by atoms with Crippen molar-refractivity contribution in [1.82, 2.24) is 14.6 Å². The molecule has 4 nitrogen and oxygen atoms in total. The van der Waals surface area contributed by atoms with Gasteiger partial charge in [-0.1, -0.05) is 9.24 Å². The minimum Gasteiger partial charge on any atom is -0.480 e. The maximum atomic E-state index is 4.97. The molecule has 2 rings (SSSR count). The zero-order valence-corrected chi connectivity index (χ0v) is 7.71. The zero-order chi connectivity index (χ0) is 8.55. The molecule has 0 spiro atoms. The summed E-state index contributed by atoms with van der Waals surface area (Å²) in [4.78, 5) is 4.20. The summed E-state index contributed by atoms with van der Waals surface area (Å²) in [6, 6.07) is 3.64. The number of nitrogens with zero attached hydrogens (tertiary/aromatic N) is 3. The lowest BCUT2D eigenvalue weighted by molar-refractivity contribution is 0.390. The van der Waals surface area contributed by atoms with Gasteiger partial charge >= 0.3 is 0 Å². The molecule has 2 aromatic rings. The van der Waals surface area contributed by atoms with Crippen LogP contribution in [0.2, 0.25) is 0 Å². The zero-order valence-electron chi connectivity index (χ0n) is 6.56. The van der Waals surface area contributed by atoms with Crippen LogP contribution in [-0.4, -0.2) is 21.7 Å². The van der Waals surface area contributed by atoms with Crippen molar-refractivity contribution < 1.29 is 4.74 Å². The Morgan fingerprint density at radius 1 is 1.50 bits per heavy atom. The van der Waals surface area contributed by atoms with Crippen LogP contribution in [0, 0.1) is 0 Å². The van der Waals surface area contributed by atoms with Crippen molar-refractivity contribution in [3.8, 4) is 5.88 Å². The first-order valence-electron chi connectivity index (χ1n) is 3.45. The number of rotatable bonds is 1. The van der Waals surface area contributed by atoms with E-state index in [1.54, 1.807) is 17.7 Å². The van der Waals surface area contributed by atoms with Crippen LogP contribution in [0.1, 0.15) is 0 Å². The van der Waals surface area contributed by atoms with Gasteiger partial charge in [-0.3, -0.25) is 0 Å². The number of aromatic nitrogens is 3. The van der Waals surface area contributed by atoms with E-state index in [-0.39, 0.29) is 0 Å². The Labute approximate surface area is 71.8 Å². The van der Waals surface area contributed by atoms with Crippen LogP contribution in [-0.2, 0) is 0 Å². The van der Waals surface area contributed by atoms with Crippen LogP contribution in [0.25, 0.3) is 5.65 Å². The summed E-state index contributed by atoms with van der Waals surface area (Å²) < 4.78 is 6.65. The molecule has 5 heteroatoms. The topological polar surface area (TPSA) is 39.4 Å². The quantitative estimate of drug-likeness (QED) is 0.591. The minimum absolute atomic E-state index is 0.588. The lowest BCUT2D eigenvalue weighted by Crippen LogP contribution is -1.93. The summed E-state index contributed by atoms with van der Waals surface area (Å²) >= 11 is 0. The molecule has 0 saturated carbocycles. The third-order valence-corrected chi connectivity index (χ3v) is 1.80. The molecule has 2 aromatic heterocycles. The van der Waals surface area contributed by atoms with E-state index in [9.17, 15) is 0 Å². The largest absolute Gasteiger partial charge is 0.480 e. The second kappa shape index (κ2) is 2.72. The number of hydrogen-bond donors (Lipinski definition) is 0. The van der Waals surface area contributed by atoms with E-state index in [4.69, 9.17) is 4.74 Å². The van der Waals surface area contributed by atoms with Gasteiger partial charge in [0.2, 0.25) is 5.88 Å². The molecule has 2 heterocycles. The summed E-state index contributed by atoms with van der Waals surface area (Å²) in [5, 5.41) is 4.13. The number of methoxy groups -OCH3 is 1. The van der Waals surface area contributed by atoms with Crippen LogP contribution in [0.15, 0.2) is 18.3 Å². The minimum atomic E-state index is 0.588. The summed E-state index contributed by atoms with van der Waals surface area (Å²) in [5.74, 6) is 0.588. The molecule has 0 aromatic carbocycles. The van der Waals surface area contributed by atoms with Gasteiger partial charge in [-0.05, 0) is 6.07 Å². The number of ether oxygens (including phenoxy) is 1. The van der Waals surface area contributed by atoms with E-state index in [0.717, 1.165) is 11.1 Å². The van der Waals surface area contributed by atoms with Crippen LogP contribution in [0.4, 0.5) is 0 Å². The fourth-order valence-corrected chi connectivity index (χ4v) is 1.27. The van der Waals surface area contributed by atoms with Gasteiger partial charge in [0, 0.05) is 6.07 Å². The highest BCUT2D eigenvalue weighted by Gasteiger charge is 1.99. The van der Waals surface area contributed by atoms with Crippen molar-refractivity contribution in [3.63, 3.8) is 0 Å². The molecular weight excluding hydrogens is 173 g/mol. The monoisotopic (exact) mass is 181 g/mol. The molecule has 0 aliphatic heterocycles. The number of fused-ring (bicyclic) bond motifs is 1. The Kier molecular flexibility index (Phi) is 1.70. The molecule has 0 aliphatic rings. The van der Waals surface area contributed by atoms with Crippen molar-refractivity contribution >= 4 is 20.3 Å². The predicted octanol–water partition coefficient (Wildman–Crippen LogP) is 0.238. The molecule has 62 valence electrons. The van der Waals surface area contributed by atoms with E-state index in [2.05, 4.69) is 19.3 Å². The summed E-state index contributed by atoms with van der Waals surface area (Å²) in [5.41, 5.74) is 1.69. The van der Waals surface area contributed by atoms with Gasteiger partial charge in [0.1, 0.15) is 0 Å². The third-order valence-electron chi connectivity index (χ3n) is 1.52. The van der Waals surface area contributed by atoms with Gasteiger partial charge in [0.15, 0.2) is 5.65 Å². The van der Waals surface area contributed by atoms with E-state index in [1.165, 1.54) is 0 Å². The Hall–Kier alpha value is -1.15.